The number of hydrogen-bond donors (Lipinski definition) is 1. The zero-order valence-corrected chi connectivity index (χ0v) is 15.8. The average Bonchev–Trinajstić information content (AvgIpc) is 2.91. The molecule has 0 saturated carbocycles. The van der Waals surface area contributed by atoms with Crippen molar-refractivity contribution in [3.05, 3.63) is 57.2 Å². The monoisotopic (exact) mass is 434 g/mol. The highest BCUT2D eigenvalue weighted by molar-refractivity contribution is 14.1. The number of para-hydroxylation sites is 1. The molecule has 5 heteroatoms. The number of aryl methyl sites for hydroxylation is 2. The summed E-state index contributed by atoms with van der Waals surface area (Å²) in [6.07, 6.45) is 0.254. The van der Waals surface area contributed by atoms with Gasteiger partial charge in [-0.15, -0.1) is 0 Å². The minimum atomic E-state index is -0.323. The Morgan fingerprint density at radius 3 is 2.38 bits per heavy atom. The minimum Gasteiger partial charge on any atom is -0.326 e. The number of amides is 2. The summed E-state index contributed by atoms with van der Waals surface area (Å²) in [5.74, 6) is -0.413. The van der Waals surface area contributed by atoms with Gasteiger partial charge in [0, 0.05) is 27.9 Å². The van der Waals surface area contributed by atoms with Gasteiger partial charge >= 0.3 is 0 Å². The number of nitrogens with zero attached hydrogens (tertiary/aromatic N) is 1. The third-order valence-electron chi connectivity index (χ3n) is 4.32. The first-order valence-electron chi connectivity index (χ1n) is 7.88. The van der Waals surface area contributed by atoms with Crippen molar-refractivity contribution in [1.29, 1.82) is 0 Å². The van der Waals surface area contributed by atoms with Crippen LogP contribution in [0.5, 0.6) is 0 Å². The van der Waals surface area contributed by atoms with E-state index in [1.807, 2.05) is 56.3 Å². The fourth-order valence-corrected chi connectivity index (χ4v) is 3.47. The number of rotatable bonds is 3. The summed E-state index contributed by atoms with van der Waals surface area (Å²) in [7, 11) is 0. The van der Waals surface area contributed by atoms with E-state index in [1.54, 1.807) is 4.90 Å². The highest BCUT2D eigenvalue weighted by Gasteiger charge is 2.36. The van der Waals surface area contributed by atoms with Gasteiger partial charge in [0.1, 0.15) is 0 Å². The Hall–Kier alpha value is -1.89. The largest absolute Gasteiger partial charge is 0.326 e. The summed E-state index contributed by atoms with van der Waals surface area (Å²) in [6, 6.07) is 13.6. The van der Waals surface area contributed by atoms with Gasteiger partial charge in [0.2, 0.25) is 11.8 Å². The van der Waals surface area contributed by atoms with Gasteiger partial charge in [0.15, 0.2) is 0 Å². The molecule has 0 bridgehead atoms. The van der Waals surface area contributed by atoms with Gasteiger partial charge in [0.25, 0.3) is 0 Å². The second kappa shape index (κ2) is 6.93. The molecule has 0 radical (unpaired) electrons. The number of carbonyl (C=O) groups excluding carboxylic acids is 2. The standard InChI is InChI=1S/C19H19IN2O2/c1-12-4-3-5-13(2)18(12)22-11-14(10-17(22)23)19(24)21-16-8-6-15(20)7-9-16/h3-9,14H,10-11H2,1-2H3,(H,21,24)/t14-/m1/s1. The normalized spacial score (nSPS) is 17.2. The number of halogens is 1. The van der Waals surface area contributed by atoms with Crippen LogP contribution in [0.25, 0.3) is 0 Å². The molecule has 1 heterocycles. The number of anilines is 2. The molecule has 0 aliphatic carbocycles. The third-order valence-corrected chi connectivity index (χ3v) is 5.04. The number of benzene rings is 2. The van der Waals surface area contributed by atoms with Crippen LogP contribution in [0.15, 0.2) is 42.5 Å². The van der Waals surface area contributed by atoms with Gasteiger partial charge in [-0.2, -0.15) is 0 Å². The Kier molecular flexibility index (Phi) is 4.89. The van der Waals surface area contributed by atoms with Gasteiger partial charge < -0.3 is 10.2 Å². The quantitative estimate of drug-likeness (QED) is 0.746. The number of hydrogen-bond acceptors (Lipinski definition) is 2. The van der Waals surface area contributed by atoms with E-state index in [0.717, 1.165) is 26.1 Å². The van der Waals surface area contributed by atoms with Crippen LogP contribution in [0.2, 0.25) is 0 Å². The molecule has 1 fully saturated rings. The first kappa shape index (κ1) is 17.0. The van der Waals surface area contributed by atoms with Crippen molar-refractivity contribution in [1.82, 2.24) is 0 Å². The summed E-state index contributed by atoms with van der Waals surface area (Å²) in [4.78, 5) is 26.7. The first-order valence-corrected chi connectivity index (χ1v) is 8.96. The zero-order valence-electron chi connectivity index (χ0n) is 13.7. The summed E-state index contributed by atoms with van der Waals surface area (Å²) < 4.78 is 1.11. The minimum absolute atomic E-state index is 0.00941. The lowest BCUT2D eigenvalue weighted by molar-refractivity contribution is -0.122. The molecule has 124 valence electrons. The first-order chi connectivity index (χ1) is 11.5. The topological polar surface area (TPSA) is 49.4 Å². The van der Waals surface area contributed by atoms with Crippen LogP contribution in [0.4, 0.5) is 11.4 Å². The highest BCUT2D eigenvalue weighted by atomic mass is 127. The predicted octanol–water partition coefficient (Wildman–Crippen LogP) is 3.90. The Balaban J connectivity index is 1.74. The van der Waals surface area contributed by atoms with Crippen LogP contribution in [0.3, 0.4) is 0 Å². The van der Waals surface area contributed by atoms with Gasteiger partial charge in [0.05, 0.1) is 5.92 Å². The molecule has 2 aromatic rings. The Morgan fingerprint density at radius 2 is 1.75 bits per heavy atom. The SMILES string of the molecule is Cc1cccc(C)c1N1C[C@H](C(=O)Nc2ccc(I)cc2)CC1=O. The van der Waals surface area contributed by atoms with Crippen molar-refractivity contribution in [3.8, 4) is 0 Å². The van der Waals surface area contributed by atoms with Crippen molar-refractivity contribution in [2.75, 3.05) is 16.8 Å². The predicted molar refractivity (Wildman–Crippen MR) is 104 cm³/mol. The van der Waals surface area contributed by atoms with E-state index >= 15 is 0 Å². The highest BCUT2D eigenvalue weighted by Crippen LogP contribution is 2.31. The van der Waals surface area contributed by atoms with Gasteiger partial charge in [-0.05, 0) is 71.8 Å². The fourth-order valence-electron chi connectivity index (χ4n) is 3.11. The van der Waals surface area contributed by atoms with Crippen molar-refractivity contribution < 1.29 is 9.59 Å². The molecule has 4 nitrogen and oxygen atoms in total. The molecule has 1 atom stereocenters. The van der Waals surface area contributed by atoms with Crippen molar-refractivity contribution in [2.24, 2.45) is 5.92 Å². The average molecular weight is 434 g/mol. The van der Waals surface area contributed by atoms with E-state index in [1.165, 1.54) is 0 Å². The van der Waals surface area contributed by atoms with Gasteiger partial charge in [-0.3, -0.25) is 9.59 Å². The summed E-state index contributed by atoms with van der Waals surface area (Å²) in [5, 5.41) is 2.91. The maximum Gasteiger partial charge on any atom is 0.229 e. The molecule has 0 unspecified atom stereocenters. The molecule has 2 amide bonds. The lowest BCUT2D eigenvalue weighted by atomic mass is 10.1. The Morgan fingerprint density at radius 1 is 1.12 bits per heavy atom. The number of nitrogens with one attached hydrogen (secondary N) is 1. The second-order valence-electron chi connectivity index (χ2n) is 6.14. The molecular weight excluding hydrogens is 415 g/mol. The van der Waals surface area contributed by atoms with Crippen molar-refractivity contribution in [3.63, 3.8) is 0 Å². The molecule has 3 rings (SSSR count). The molecule has 0 spiro atoms. The van der Waals surface area contributed by atoms with Gasteiger partial charge in [-0.25, -0.2) is 0 Å². The Bertz CT molecular complexity index is 766. The summed E-state index contributed by atoms with van der Waals surface area (Å²) >= 11 is 2.22. The maximum absolute atomic E-state index is 12.5. The zero-order chi connectivity index (χ0) is 17.3. The molecule has 2 aromatic carbocycles. The van der Waals surface area contributed by atoms with Crippen LogP contribution in [0.1, 0.15) is 17.5 Å². The smallest absolute Gasteiger partial charge is 0.229 e. The van der Waals surface area contributed by atoms with Crippen LogP contribution in [-0.4, -0.2) is 18.4 Å². The molecular formula is C19H19IN2O2. The molecule has 24 heavy (non-hydrogen) atoms. The van der Waals surface area contributed by atoms with E-state index in [0.29, 0.717) is 6.54 Å². The molecule has 0 aromatic heterocycles. The molecule has 1 aliphatic rings. The lowest BCUT2D eigenvalue weighted by Gasteiger charge is -2.21. The van der Waals surface area contributed by atoms with Crippen LogP contribution in [0, 0.1) is 23.3 Å². The second-order valence-corrected chi connectivity index (χ2v) is 7.39. The summed E-state index contributed by atoms with van der Waals surface area (Å²) in [6.45, 7) is 4.42. The molecule has 1 aliphatic heterocycles. The van der Waals surface area contributed by atoms with E-state index in [2.05, 4.69) is 27.9 Å². The fraction of sp³-hybridized carbons (Fsp3) is 0.263. The molecule has 1 N–H and O–H groups in total. The van der Waals surface area contributed by atoms with E-state index in [9.17, 15) is 9.59 Å². The molecule has 1 saturated heterocycles. The maximum atomic E-state index is 12.5. The van der Waals surface area contributed by atoms with E-state index in [-0.39, 0.29) is 24.2 Å². The van der Waals surface area contributed by atoms with Gasteiger partial charge in [-0.1, -0.05) is 18.2 Å². The van der Waals surface area contributed by atoms with Crippen LogP contribution >= 0.6 is 22.6 Å². The van der Waals surface area contributed by atoms with E-state index < -0.39 is 0 Å². The van der Waals surface area contributed by atoms with Crippen LogP contribution < -0.4 is 10.2 Å². The number of carbonyl (C=O) groups is 2. The Labute approximate surface area is 155 Å². The van der Waals surface area contributed by atoms with Crippen molar-refractivity contribution >= 4 is 45.8 Å². The van der Waals surface area contributed by atoms with Crippen molar-refractivity contribution in [2.45, 2.75) is 20.3 Å². The van der Waals surface area contributed by atoms with E-state index in [4.69, 9.17) is 0 Å². The van der Waals surface area contributed by atoms with Crippen LogP contribution in [-0.2, 0) is 9.59 Å². The summed E-state index contributed by atoms with van der Waals surface area (Å²) in [5.41, 5.74) is 3.81. The third kappa shape index (κ3) is 3.45. The lowest BCUT2D eigenvalue weighted by Crippen LogP contribution is -2.29.